The van der Waals surface area contributed by atoms with Crippen molar-refractivity contribution in [2.45, 2.75) is 19.5 Å². The zero-order valence-electron chi connectivity index (χ0n) is 17.4. The van der Waals surface area contributed by atoms with Gasteiger partial charge in [0.25, 0.3) is 0 Å². The number of hydrogen-bond acceptors (Lipinski definition) is 5. The molecule has 0 bridgehead atoms. The molecule has 1 unspecified atom stereocenters. The van der Waals surface area contributed by atoms with E-state index in [1.807, 2.05) is 31.6 Å². The molecular formula is C24H26N6. The van der Waals surface area contributed by atoms with Crippen molar-refractivity contribution < 1.29 is 0 Å². The average molecular weight is 399 g/mol. The van der Waals surface area contributed by atoms with Gasteiger partial charge in [0, 0.05) is 56.0 Å². The second-order valence-corrected chi connectivity index (χ2v) is 8.08. The van der Waals surface area contributed by atoms with Crippen LogP contribution >= 0.6 is 0 Å². The zero-order chi connectivity index (χ0) is 20.5. The second kappa shape index (κ2) is 7.97. The largest absolute Gasteiger partial charge is 0.305 e. The highest BCUT2D eigenvalue weighted by Gasteiger charge is 2.28. The number of aromatic nitrogens is 4. The molecule has 152 valence electrons. The molecule has 0 N–H and O–H groups in total. The first-order valence-electron chi connectivity index (χ1n) is 10.4. The van der Waals surface area contributed by atoms with Gasteiger partial charge in [-0.25, -0.2) is 4.98 Å². The Morgan fingerprint density at radius 3 is 2.80 bits per heavy atom. The molecule has 6 nitrogen and oxygen atoms in total. The summed E-state index contributed by atoms with van der Waals surface area (Å²) >= 11 is 0. The van der Waals surface area contributed by atoms with Crippen molar-refractivity contribution in [3.05, 3.63) is 84.5 Å². The number of aryl methyl sites for hydroxylation is 1. The van der Waals surface area contributed by atoms with Crippen LogP contribution in [0.5, 0.6) is 0 Å². The zero-order valence-corrected chi connectivity index (χ0v) is 17.4. The lowest BCUT2D eigenvalue weighted by Crippen LogP contribution is -2.46. The molecule has 0 spiro atoms. The fourth-order valence-corrected chi connectivity index (χ4v) is 4.27. The number of likely N-dealkylation sites (N-methyl/N-ethyl adjacent to an activating group) is 1. The number of imidazole rings is 1. The monoisotopic (exact) mass is 398 g/mol. The van der Waals surface area contributed by atoms with Crippen LogP contribution in [0.25, 0.3) is 16.6 Å². The smallest absolute Gasteiger partial charge is 0.0996 e. The standard InChI is InChI=1S/C24H26N6/c1-18-5-3-7-21(27-18)15-29-12-11-28(2)23(16-29)24-22-9-8-20(14-30(22)17-26-24)19-6-4-10-25-13-19/h3-10,13-14,17,23H,11-12,15-16H2,1-2H3. The van der Waals surface area contributed by atoms with E-state index in [4.69, 9.17) is 4.98 Å². The average Bonchev–Trinajstić information content (AvgIpc) is 3.19. The molecule has 0 aliphatic carbocycles. The fraction of sp³-hybridized carbons (Fsp3) is 0.292. The molecule has 0 radical (unpaired) electrons. The summed E-state index contributed by atoms with van der Waals surface area (Å²) in [6, 6.07) is 14.9. The van der Waals surface area contributed by atoms with Gasteiger partial charge < -0.3 is 4.40 Å². The van der Waals surface area contributed by atoms with Crippen LogP contribution in [0.2, 0.25) is 0 Å². The molecule has 30 heavy (non-hydrogen) atoms. The van der Waals surface area contributed by atoms with Crippen molar-refractivity contribution in [3.8, 4) is 11.1 Å². The molecule has 1 aliphatic rings. The van der Waals surface area contributed by atoms with Crippen LogP contribution in [0.15, 0.2) is 67.4 Å². The summed E-state index contributed by atoms with van der Waals surface area (Å²) in [5.74, 6) is 0. The van der Waals surface area contributed by atoms with Crippen LogP contribution in [-0.4, -0.2) is 55.8 Å². The maximum Gasteiger partial charge on any atom is 0.0996 e. The number of piperazine rings is 1. The van der Waals surface area contributed by atoms with Gasteiger partial charge in [0.1, 0.15) is 0 Å². The number of rotatable bonds is 4. The minimum absolute atomic E-state index is 0.262. The second-order valence-electron chi connectivity index (χ2n) is 8.08. The third-order valence-electron chi connectivity index (χ3n) is 5.93. The first-order valence-corrected chi connectivity index (χ1v) is 10.4. The Labute approximate surface area is 176 Å². The van der Waals surface area contributed by atoms with Crippen LogP contribution in [0.3, 0.4) is 0 Å². The van der Waals surface area contributed by atoms with Crippen molar-refractivity contribution in [3.63, 3.8) is 0 Å². The number of nitrogens with zero attached hydrogens (tertiary/aromatic N) is 6. The van der Waals surface area contributed by atoms with Crippen LogP contribution in [0.4, 0.5) is 0 Å². The van der Waals surface area contributed by atoms with E-state index in [0.717, 1.165) is 59.9 Å². The predicted octanol–water partition coefficient (Wildman–Crippen LogP) is 3.59. The van der Waals surface area contributed by atoms with Gasteiger partial charge in [-0.05, 0) is 43.8 Å². The summed E-state index contributed by atoms with van der Waals surface area (Å²) in [5, 5.41) is 0. The van der Waals surface area contributed by atoms with E-state index in [1.165, 1.54) is 0 Å². The fourth-order valence-electron chi connectivity index (χ4n) is 4.27. The summed E-state index contributed by atoms with van der Waals surface area (Å²) in [7, 11) is 2.20. The van der Waals surface area contributed by atoms with Gasteiger partial charge in [0.15, 0.2) is 0 Å². The van der Waals surface area contributed by atoms with Crippen LogP contribution in [0, 0.1) is 6.92 Å². The Balaban J connectivity index is 1.40. The Hall–Kier alpha value is -3.09. The molecule has 0 saturated carbocycles. The molecule has 0 aromatic carbocycles. The summed E-state index contributed by atoms with van der Waals surface area (Å²) < 4.78 is 2.13. The Bertz CT molecular complexity index is 1150. The summed E-state index contributed by atoms with van der Waals surface area (Å²) in [5.41, 5.74) is 6.76. The Morgan fingerprint density at radius 2 is 1.97 bits per heavy atom. The molecule has 5 rings (SSSR count). The van der Waals surface area contributed by atoms with E-state index in [2.05, 4.69) is 67.7 Å². The lowest BCUT2D eigenvalue weighted by molar-refractivity contribution is 0.0883. The summed E-state index contributed by atoms with van der Waals surface area (Å²) in [6.45, 7) is 5.93. The molecule has 4 aromatic heterocycles. The van der Waals surface area contributed by atoms with Gasteiger partial charge in [-0.1, -0.05) is 18.2 Å². The SMILES string of the molecule is Cc1cccc(CN2CCN(C)C(c3ncn4cc(-c5cccnc5)ccc34)C2)n1. The van der Waals surface area contributed by atoms with Crippen molar-refractivity contribution in [1.29, 1.82) is 0 Å². The van der Waals surface area contributed by atoms with Crippen molar-refractivity contribution in [2.75, 3.05) is 26.7 Å². The first-order chi connectivity index (χ1) is 14.7. The third kappa shape index (κ3) is 3.72. The van der Waals surface area contributed by atoms with Gasteiger partial charge >= 0.3 is 0 Å². The highest BCUT2D eigenvalue weighted by molar-refractivity contribution is 5.66. The molecule has 6 heteroatoms. The number of fused-ring (bicyclic) bond motifs is 1. The van der Waals surface area contributed by atoms with E-state index in [-0.39, 0.29) is 6.04 Å². The van der Waals surface area contributed by atoms with Crippen LogP contribution in [-0.2, 0) is 6.54 Å². The molecular weight excluding hydrogens is 372 g/mol. The van der Waals surface area contributed by atoms with E-state index in [9.17, 15) is 0 Å². The van der Waals surface area contributed by atoms with Gasteiger partial charge in [-0.2, -0.15) is 0 Å². The molecule has 1 atom stereocenters. The summed E-state index contributed by atoms with van der Waals surface area (Å²) in [6.07, 6.45) is 7.76. The van der Waals surface area contributed by atoms with E-state index in [0.29, 0.717) is 0 Å². The van der Waals surface area contributed by atoms with Gasteiger partial charge in [0.05, 0.1) is 29.3 Å². The van der Waals surface area contributed by atoms with Crippen LogP contribution in [0.1, 0.15) is 23.1 Å². The first kappa shape index (κ1) is 18.9. The molecule has 1 saturated heterocycles. The van der Waals surface area contributed by atoms with E-state index < -0.39 is 0 Å². The van der Waals surface area contributed by atoms with E-state index >= 15 is 0 Å². The normalized spacial score (nSPS) is 18.1. The lowest BCUT2D eigenvalue weighted by atomic mass is 10.1. The van der Waals surface area contributed by atoms with Crippen molar-refractivity contribution in [1.82, 2.24) is 29.2 Å². The number of hydrogen-bond donors (Lipinski definition) is 0. The van der Waals surface area contributed by atoms with E-state index in [1.54, 1.807) is 6.20 Å². The molecule has 0 amide bonds. The molecule has 1 aliphatic heterocycles. The lowest BCUT2D eigenvalue weighted by Gasteiger charge is -2.38. The third-order valence-corrected chi connectivity index (χ3v) is 5.93. The maximum atomic E-state index is 4.82. The number of pyridine rings is 3. The maximum absolute atomic E-state index is 4.82. The van der Waals surface area contributed by atoms with Gasteiger partial charge in [0.2, 0.25) is 0 Å². The minimum atomic E-state index is 0.262. The highest BCUT2D eigenvalue weighted by Crippen LogP contribution is 2.28. The predicted molar refractivity (Wildman–Crippen MR) is 118 cm³/mol. The highest BCUT2D eigenvalue weighted by atomic mass is 15.3. The van der Waals surface area contributed by atoms with Crippen molar-refractivity contribution in [2.24, 2.45) is 0 Å². The van der Waals surface area contributed by atoms with Crippen molar-refractivity contribution >= 4 is 5.52 Å². The Morgan fingerprint density at radius 1 is 1.03 bits per heavy atom. The Kier molecular flexibility index (Phi) is 5.02. The topological polar surface area (TPSA) is 49.6 Å². The minimum Gasteiger partial charge on any atom is -0.305 e. The van der Waals surface area contributed by atoms with Crippen LogP contribution < -0.4 is 0 Å². The quantitative estimate of drug-likeness (QED) is 0.526. The molecule has 5 heterocycles. The molecule has 4 aromatic rings. The summed E-state index contributed by atoms with van der Waals surface area (Å²) in [4.78, 5) is 18.6. The van der Waals surface area contributed by atoms with Gasteiger partial charge in [-0.3, -0.25) is 19.8 Å². The molecule has 1 fully saturated rings. The van der Waals surface area contributed by atoms with Gasteiger partial charge in [-0.15, -0.1) is 0 Å².